The van der Waals surface area contributed by atoms with Gasteiger partial charge in [-0.05, 0) is 48.4 Å². The molecule has 0 aliphatic carbocycles. The minimum absolute atomic E-state index is 0.00951. The Morgan fingerprint density at radius 1 is 1.27 bits per heavy atom. The molecular weight excluding hydrogens is 426 g/mol. The second-order valence-electron chi connectivity index (χ2n) is 6.59. The Kier molecular flexibility index (Phi) is 5.87. The number of ether oxygens (including phenoxy) is 2. The fourth-order valence-corrected chi connectivity index (χ4v) is 4.04. The first-order valence-electron chi connectivity index (χ1n) is 9.16. The minimum Gasteiger partial charge on any atom is -0.495 e. The van der Waals surface area contributed by atoms with Crippen molar-refractivity contribution in [3.63, 3.8) is 0 Å². The van der Waals surface area contributed by atoms with Gasteiger partial charge in [0.2, 0.25) is 5.91 Å². The van der Waals surface area contributed by atoms with Crippen molar-refractivity contribution in [2.45, 2.75) is 12.8 Å². The van der Waals surface area contributed by atoms with E-state index in [-0.39, 0.29) is 18.4 Å². The quantitative estimate of drug-likeness (QED) is 0.590. The van der Waals surface area contributed by atoms with Gasteiger partial charge in [-0.2, -0.15) is 0 Å². The van der Waals surface area contributed by atoms with Crippen LogP contribution in [0.1, 0.15) is 12.0 Å². The molecule has 1 aliphatic heterocycles. The Morgan fingerprint density at radius 3 is 2.93 bits per heavy atom. The molecule has 1 aromatic heterocycles. The number of anilines is 2. The Labute approximate surface area is 182 Å². The second kappa shape index (κ2) is 8.73. The molecule has 7 nitrogen and oxygen atoms in total. The largest absolute Gasteiger partial charge is 0.495 e. The van der Waals surface area contributed by atoms with E-state index in [2.05, 4.69) is 15.6 Å². The maximum Gasteiger partial charge on any atom is 0.264 e. The summed E-state index contributed by atoms with van der Waals surface area (Å²) in [5, 5.41) is 8.35. The van der Waals surface area contributed by atoms with Gasteiger partial charge in [0, 0.05) is 23.1 Å². The summed E-state index contributed by atoms with van der Waals surface area (Å²) in [5.74, 6) is 0.864. The van der Waals surface area contributed by atoms with Gasteiger partial charge in [0.25, 0.3) is 5.91 Å². The van der Waals surface area contributed by atoms with Crippen molar-refractivity contribution < 1.29 is 19.1 Å². The number of benzene rings is 2. The van der Waals surface area contributed by atoms with E-state index in [1.807, 2.05) is 17.5 Å². The molecule has 0 radical (unpaired) electrons. The van der Waals surface area contributed by atoms with Gasteiger partial charge in [0.05, 0.1) is 17.8 Å². The van der Waals surface area contributed by atoms with Crippen LogP contribution in [0.3, 0.4) is 0 Å². The maximum absolute atomic E-state index is 12.2. The Balaban J connectivity index is 1.35. The summed E-state index contributed by atoms with van der Waals surface area (Å²) in [6.07, 6.45) is 1.10. The molecule has 0 bridgehead atoms. The van der Waals surface area contributed by atoms with Crippen molar-refractivity contribution in [1.82, 2.24) is 4.98 Å². The van der Waals surface area contributed by atoms with Crippen LogP contribution in [-0.4, -0.2) is 30.5 Å². The third-order valence-corrected chi connectivity index (χ3v) is 5.59. The van der Waals surface area contributed by atoms with Crippen molar-refractivity contribution in [1.29, 1.82) is 0 Å². The summed E-state index contributed by atoms with van der Waals surface area (Å²) in [6.45, 7) is -0.144. The fourth-order valence-electron chi connectivity index (χ4n) is 3.04. The van der Waals surface area contributed by atoms with E-state index in [0.717, 1.165) is 16.8 Å². The number of amides is 2. The van der Waals surface area contributed by atoms with Crippen LogP contribution in [0.4, 0.5) is 10.8 Å². The van der Waals surface area contributed by atoms with E-state index in [4.69, 9.17) is 21.1 Å². The van der Waals surface area contributed by atoms with Gasteiger partial charge in [-0.15, -0.1) is 11.3 Å². The lowest BCUT2D eigenvalue weighted by Crippen LogP contribution is -2.21. The number of hydrogen-bond donors (Lipinski definition) is 2. The predicted octanol–water partition coefficient (Wildman–Crippen LogP) is 4.37. The lowest BCUT2D eigenvalue weighted by molar-refractivity contribution is -0.118. The molecule has 4 rings (SSSR count). The molecule has 0 spiro atoms. The van der Waals surface area contributed by atoms with Gasteiger partial charge in [-0.3, -0.25) is 14.9 Å². The molecule has 154 valence electrons. The zero-order chi connectivity index (χ0) is 21.1. The van der Waals surface area contributed by atoms with E-state index in [0.29, 0.717) is 40.2 Å². The minimum atomic E-state index is -0.310. The van der Waals surface area contributed by atoms with Crippen LogP contribution >= 0.6 is 22.9 Å². The zero-order valence-corrected chi connectivity index (χ0v) is 17.6. The van der Waals surface area contributed by atoms with Gasteiger partial charge in [0.15, 0.2) is 11.7 Å². The van der Waals surface area contributed by atoms with Crippen LogP contribution in [0, 0.1) is 0 Å². The monoisotopic (exact) mass is 443 g/mol. The van der Waals surface area contributed by atoms with Gasteiger partial charge < -0.3 is 14.8 Å². The van der Waals surface area contributed by atoms with Crippen molar-refractivity contribution >= 4 is 45.6 Å². The fraction of sp³-hybridized carbons (Fsp3) is 0.190. The topological polar surface area (TPSA) is 89.5 Å². The highest BCUT2D eigenvalue weighted by atomic mass is 35.5. The van der Waals surface area contributed by atoms with E-state index in [1.54, 1.807) is 31.4 Å². The van der Waals surface area contributed by atoms with E-state index in [1.165, 1.54) is 11.3 Å². The van der Waals surface area contributed by atoms with Crippen LogP contribution in [0.5, 0.6) is 11.5 Å². The molecule has 0 atom stereocenters. The van der Waals surface area contributed by atoms with Crippen LogP contribution < -0.4 is 20.1 Å². The SMILES string of the molecule is COc1ccc(-c2csc(NC(=O)COc3ccc4c(c3)CCC(=O)N4)n2)cc1Cl. The molecule has 0 unspecified atom stereocenters. The number of rotatable bonds is 6. The molecule has 0 saturated heterocycles. The van der Waals surface area contributed by atoms with Crippen LogP contribution in [-0.2, 0) is 16.0 Å². The Morgan fingerprint density at radius 2 is 2.13 bits per heavy atom. The first kappa shape index (κ1) is 20.2. The van der Waals surface area contributed by atoms with Crippen molar-refractivity contribution in [3.05, 3.63) is 52.4 Å². The molecule has 2 aromatic carbocycles. The van der Waals surface area contributed by atoms with Crippen LogP contribution in [0.2, 0.25) is 5.02 Å². The average molecular weight is 444 g/mol. The van der Waals surface area contributed by atoms with Crippen molar-refractivity contribution in [2.24, 2.45) is 0 Å². The van der Waals surface area contributed by atoms with Gasteiger partial charge in [-0.1, -0.05) is 11.6 Å². The summed E-state index contributed by atoms with van der Waals surface area (Å²) in [4.78, 5) is 28.1. The standard InChI is InChI=1S/C21H18ClN3O4S/c1-28-18-6-2-13(9-15(18)22)17-11-30-21(24-17)25-20(27)10-29-14-4-5-16-12(8-14)3-7-19(26)23-16/h2,4-6,8-9,11H,3,7,10H2,1H3,(H,23,26)(H,24,25,27). The van der Waals surface area contributed by atoms with Crippen molar-refractivity contribution in [3.8, 4) is 22.8 Å². The molecule has 1 aliphatic rings. The molecule has 0 saturated carbocycles. The third-order valence-electron chi connectivity index (χ3n) is 4.54. The molecule has 2 heterocycles. The molecule has 30 heavy (non-hydrogen) atoms. The molecule has 2 amide bonds. The Bertz CT molecular complexity index is 1120. The average Bonchev–Trinajstić information content (AvgIpc) is 3.20. The molecule has 3 aromatic rings. The summed E-state index contributed by atoms with van der Waals surface area (Å²) in [5.41, 5.74) is 3.32. The number of halogens is 1. The van der Waals surface area contributed by atoms with Crippen LogP contribution in [0.25, 0.3) is 11.3 Å². The Hall–Kier alpha value is -3.10. The lowest BCUT2D eigenvalue weighted by Gasteiger charge is -2.17. The highest BCUT2D eigenvalue weighted by molar-refractivity contribution is 7.14. The number of hydrogen-bond acceptors (Lipinski definition) is 6. The maximum atomic E-state index is 12.2. The molecular formula is C21H18ClN3O4S. The van der Waals surface area contributed by atoms with Crippen molar-refractivity contribution in [2.75, 3.05) is 24.4 Å². The second-order valence-corrected chi connectivity index (χ2v) is 7.86. The van der Waals surface area contributed by atoms with E-state index >= 15 is 0 Å². The number of aromatic nitrogens is 1. The van der Waals surface area contributed by atoms with E-state index < -0.39 is 0 Å². The number of nitrogens with zero attached hydrogens (tertiary/aromatic N) is 1. The highest BCUT2D eigenvalue weighted by Crippen LogP contribution is 2.32. The highest BCUT2D eigenvalue weighted by Gasteiger charge is 2.16. The number of carbonyl (C=O) groups excluding carboxylic acids is 2. The number of nitrogens with one attached hydrogen (secondary N) is 2. The van der Waals surface area contributed by atoms with Gasteiger partial charge >= 0.3 is 0 Å². The first-order chi connectivity index (χ1) is 14.5. The number of carbonyl (C=O) groups is 2. The summed E-state index contributed by atoms with van der Waals surface area (Å²) >= 11 is 7.48. The lowest BCUT2D eigenvalue weighted by atomic mass is 10.0. The third kappa shape index (κ3) is 4.55. The normalized spacial score (nSPS) is 12.7. The summed E-state index contributed by atoms with van der Waals surface area (Å²) in [7, 11) is 1.56. The summed E-state index contributed by atoms with van der Waals surface area (Å²) < 4.78 is 10.7. The first-order valence-corrected chi connectivity index (χ1v) is 10.4. The number of aryl methyl sites for hydroxylation is 1. The number of fused-ring (bicyclic) bond motifs is 1. The zero-order valence-electron chi connectivity index (χ0n) is 16.0. The predicted molar refractivity (Wildman–Crippen MR) is 117 cm³/mol. The smallest absolute Gasteiger partial charge is 0.264 e. The van der Waals surface area contributed by atoms with E-state index in [9.17, 15) is 9.59 Å². The number of methoxy groups -OCH3 is 1. The molecule has 9 heteroatoms. The summed E-state index contributed by atoms with van der Waals surface area (Å²) in [6, 6.07) is 10.7. The van der Waals surface area contributed by atoms with Crippen LogP contribution in [0.15, 0.2) is 41.8 Å². The van der Waals surface area contributed by atoms with Gasteiger partial charge in [0.1, 0.15) is 11.5 Å². The molecule has 0 fully saturated rings. The number of thiazole rings is 1. The molecule has 2 N–H and O–H groups in total. The van der Waals surface area contributed by atoms with Gasteiger partial charge in [-0.25, -0.2) is 4.98 Å².